The average Bonchev–Trinajstić information content (AvgIpc) is 2.53. The van der Waals surface area contributed by atoms with E-state index in [0.717, 1.165) is 17.3 Å². The summed E-state index contributed by atoms with van der Waals surface area (Å²) >= 11 is 7.05. The molecule has 0 amide bonds. The quantitative estimate of drug-likeness (QED) is 0.368. The van der Waals surface area contributed by atoms with E-state index in [1.54, 1.807) is 24.3 Å². The number of Topliss-reactive ketones (excluding diaryl/α,β-unsaturated/α-hetero) is 1. The van der Waals surface area contributed by atoms with Gasteiger partial charge in [-0.1, -0.05) is 42.5 Å². The van der Waals surface area contributed by atoms with E-state index in [0.29, 0.717) is 5.02 Å². The summed E-state index contributed by atoms with van der Waals surface area (Å²) < 4.78 is 4.91. The Morgan fingerprint density at radius 1 is 1.38 bits per heavy atom. The standard InChI is InChI=1S/C16H18ClNO5S/c1-2-7-23-16(22)15(14(21)12(18)8-13(19)20)24-9-10-5-3-4-6-11(10)17/h2-6,12,15H,1,7-9,18H2,(H,19,20). The molecular formula is C16H18ClNO5S. The maximum Gasteiger partial charge on any atom is 0.327 e. The summed E-state index contributed by atoms with van der Waals surface area (Å²) in [6, 6.07) is 5.72. The molecule has 0 radical (unpaired) electrons. The minimum Gasteiger partial charge on any atom is -0.481 e. The summed E-state index contributed by atoms with van der Waals surface area (Å²) in [5.74, 6) is -2.41. The van der Waals surface area contributed by atoms with E-state index < -0.39 is 35.4 Å². The van der Waals surface area contributed by atoms with Crippen LogP contribution in [0.1, 0.15) is 12.0 Å². The minimum absolute atomic E-state index is 0.0521. The molecule has 0 heterocycles. The van der Waals surface area contributed by atoms with Gasteiger partial charge in [-0.15, -0.1) is 11.8 Å². The summed E-state index contributed by atoms with van der Waals surface area (Å²) in [5, 5.41) is 8.03. The highest BCUT2D eigenvalue weighted by Gasteiger charge is 2.33. The maximum absolute atomic E-state index is 12.3. The summed E-state index contributed by atoms with van der Waals surface area (Å²) in [6.45, 7) is 3.38. The Kier molecular flexibility index (Phi) is 8.53. The fourth-order valence-electron chi connectivity index (χ4n) is 1.75. The maximum atomic E-state index is 12.3. The number of thioether (sulfide) groups is 1. The third-order valence-electron chi connectivity index (χ3n) is 2.94. The van der Waals surface area contributed by atoms with Crippen LogP contribution in [0.4, 0.5) is 0 Å². The third-order valence-corrected chi connectivity index (χ3v) is 4.54. The molecule has 1 aromatic rings. The molecule has 8 heteroatoms. The number of ketones is 1. The highest BCUT2D eigenvalue weighted by atomic mass is 35.5. The number of ether oxygens (including phenoxy) is 1. The number of benzene rings is 1. The Morgan fingerprint density at radius 2 is 2.04 bits per heavy atom. The summed E-state index contributed by atoms with van der Waals surface area (Å²) in [5.41, 5.74) is 6.33. The third kappa shape index (κ3) is 6.35. The molecule has 0 aliphatic rings. The van der Waals surface area contributed by atoms with E-state index in [2.05, 4.69) is 6.58 Å². The molecule has 3 N–H and O–H groups in total. The predicted octanol–water partition coefficient (Wildman–Crippen LogP) is 2.04. The van der Waals surface area contributed by atoms with Gasteiger partial charge in [-0.05, 0) is 11.6 Å². The van der Waals surface area contributed by atoms with Crippen LogP contribution in [0.15, 0.2) is 36.9 Å². The van der Waals surface area contributed by atoms with Gasteiger partial charge in [0.25, 0.3) is 0 Å². The van der Waals surface area contributed by atoms with Crippen LogP contribution in [-0.4, -0.2) is 40.7 Å². The Balaban J connectivity index is 2.86. The van der Waals surface area contributed by atoms with Crippen LogP contribution in [0.5, 0.6) is 0 Å². The smallest absolute Gasteiger partial charge is 0.327 e. The number of aliphatic carboxylic acids is 1. The van der Waals surface area contributed by atoms with Crippen LogP contribution in [0.25, 0.3) is 0 Å². The van der Waals surface area contributed by atoms with Crippen LogP contribution in [-0.2, 0) is 24.9 Å². The first kappa shape index (κ1) is 20.2. The molecule has 130 valence electrons. The van der Waals surface area contributed by atoms with Gasteiger partial charge >= 0.3 is 11.9 Å². The Morgan fingerprint density at radius 3 is 2.62 bits per heavy atom. The van der Waals surface area contributed by atoms with Gasteiger partial charge in [0.2, 0.25) is 0 Å². The summed E-state index contributed by atoms with van der Waals surface area (Å²) in [7, 11) is 0. The van der Waals surface area contributed by atoms with Gasteiger partial charge in [0.05, 0.1) is 12.5 Å². The molecule has 24 heavy (non-hydrogen) atoms. The van der Waals surface area contributed by atoms with E-state index in [1.165, 1.54) is 6.08 Å². The highest BCUT2D eigenvalue weighted by Crippen LogP contribution is 2.25. The van der Waals surface area contributed by atoms with Gasteiger partial charge in [-0.2, -0.15) is 0 Å². The zero-order valence-electron chi connectivity index (χ0n) is 12.8. The van der Waals surface area contributed by atoms with Gasteiger partial charge in [-0.3, -0.25) is 14.4 Å². The van der Waals surface area contributed by atoms with Gasteiger partial charge in [-0.25, -0.2) is 0 Å². The van der Waals surface area contributed by atoms with Crippen LogP contribution >= 0.6 is 23.4 Å². The van der Waals surface area contributed by atoms with Crippen molar-refractivity contribution in [2.45, 2.75) is 23.5 Å². The molecule has 2 unspecified atom stereocenters. The van der Waals surface area contributed by atoms with Crippen LogP contribution in [0, 0.1) is 0 Å². The molecule has 0 saturated carbocycles. The fraction of sp³-hybridized carbons (Fsp3) is 0.312. The first-order valence-corrected chi connectivity index (χ1v) is 8.43. The van der Waals surface area contributed by atoms with E-state index in [4.69, 9.17) is 27.2 Å². The first-order valence-electron chi connectivity index (χ1n) is 7.00. The fourth-order valence-corrected chi connectivity index (χ4v) is 3.18. The number of carboxylic acids is 1. The number of hydrogen-bond acceptors (Lipinski definition) is 6. The largest absolute Gasteiger partial charge is 0.481 e. The molecule has 1 rings (SSSR count). The number of nitrogens with two attached hydrogens (primary N) is 1. The van der Waals surface area contributed by atoms with Crippen LogP contribution in [0.2, 0.25) is 5.02 Å². The van der Waals surface area contributed by atoms with Gasteiger partial charge in [0.15, 0.2) is 11.0 Å². The van der Waals surface area contributed by atoms with Gasteiger partial charge in [0, 0.05) is 10.8 Å². The van der Waals surface area contributed by atoms with E-state index in [-0.39, 0.29) is 12.4 Å². The van der Waals surface area contributed by atoms with Gasteiger partial charge < -0.3 is 15.6 Å². The van der Waals surface area contributed by atoms with Crippen molar-refractivity contribution in [3.63, 3.8) is 0 Å². The van der Waals surface area contributed by atoms with Crippen molar-refractivity contribution in [3.8, 4) is 0 Å². The Labute approximate surface area is 149 Å². The first-order chi connectivity index (χ1) is 11.4. The van der Waals surface area contributed by atoms with Gasteiger partial charge in [0.1, 0.15) is 6.61 Å². The second-order valence-corrected chi connectivity index (χ2v) is 6.31. The number of carbonyl (C=O) groups is 3. The highest BCUT2D eigenvalue weighted by molar-refractivity contribution is 8.00. The molecular weight excluding hydrogens is 354 g/mol. The number of rotatable bonds is 10. The lowest BCUT2D eigenvalue weighted by atomic mass is 10.1. The SMILES string of the molecule is C=CCOC(=O)C(SCc1ccccc1Cl)C(=O)C(N)CC(=O)O. The molecule has 0 fully saturated rings. The summed E-state index contributed by atoms with van der Waals surface area (Å²) in [6.07, 6.45) is 0.812. The second-order valence-electron chi connectivity index (χ2n) is 4.81. The number of hydrogen-bond donors (Lipinski definition) is 2. The van der Waals surface area contributed by atoms with Crippen molar-refractivity contribution in [1.82, 2.24) is 0 Å². The average molecular weight is 372 g/mol. The van der Waals surface area contributed by atoms with Crippen molar-refractivity contribution < 1.29 is 24.2 Å². The lowest BCUT2D eigenvalue weighted by Gasteiger charge is -2.17. The molecule has 1 aromatic carbocycles. The molecule has 6 nitrogen and oxygen atoms in total. The second kappa shape index (κ2) is 10.1. The Hall–Kier alpha value is -1.83. The van der Waals surface area contributed by atoms with Crippen molar-refractivity contribution in [2.75, 3.05) is 6.61 Å². The molecule has 0 spiro atoms. The van der Waals surface area contributed by atoms with Crippen molar-refractivity contribution >= 4 is 41.1 Å². The number of halogens is 1. The zero-order chi connectivity index (χ0) is 18.1. The Bertz CT molecular complexity index is 622. The van der Waals surface area contributed by atoms with Crippen LogP contribution < -0.4 is 5.73 Å². The topological polar surface area (TPSA) is 107 Å². The molecule has 0 saturated heterocycles. The lowest BCUT2D eigenvalue weighted by Crippen LogP contribution is -2.43. The van der Waals surface area contributed by atoms with Crippen molar-refractivity contribution in [3.05, 3.63) is 47.5 Å². The molecule has 2 atom stereocenters. The number of esters is 1. The molecule has 0 aliphatic carbocycles. The zero-order valence-corrected chi connectivity index (χ0v) is 14.4. The molecule has 0 bridgehead atoms. The lowest BCUT2D eigenvalue weighted by molar-refractivity contribution is -0.146. The number of carbonyl (C=O) groups excluding carboxylic acids is 2. The predicted molar refractivity (Wildman–Crippen MR) is 92.9 cm³/mol. The van der Waals surface area contributed by atoms with Crippen LogP contribution in [0.3, 0.4) is 0 Å². The number of carboxylic acid groups (broad SMARTS) is 1. The minimum atomic E-state index is -1.29. The van der Waals surface area contributed by atoms with Crippen molar-refractivity contribution in [2.24, 2.45) is 5.73 Å². The van der Waals surface area contributed by atoms with E-state index in [9.17, 15) is 14.4 Å². The normalized spacial score (nSPS) is 12.9. The van der Waals surface area contributed by atoms with E-state index >= 15 is 0 Å². The van der Waals surface area contributed by atoms with Crippen molar-refractivity contribution in [1.29, 1.82) is 0 Å². The molecule has 0 aliphatic heterocycles. The molecule has 0 aromatic heterocycles. The monoisotopic (exact) mass is 371 g/mol. The summed E-state index contributed by atoms with van der Waals surface area (Å²) in [4.78, 5) is 35.1. The van der Waals surface area contributed by atoms with E-state index in [1.807, 2.05) is 0 Å².